The summed E-state index contributed by atoms with van der Waals surface area (Å²) in [5.41, 5.74) is -0.579. The number of nitrogens with zero attached hydrogens (tertiary/aromatic N) is 1. The third-order valence-electron chi connectivity index (χ3n) is 5.55. The smallest absolute Gasteiger partial charge is 0.410 e. The number of unbranched alkanes of at least 4 members (excludes halogenated alkanes) is 2. The second-order valence-corrected chi connectivity index (χ2v) is 10.0. The molecule has 0 saturated carbocycles. The van der Waals surface area contributed by atoms with E-state index in [1.54, 1.807) is 4.90 Å². The summed E-state index contributed by atoms with van der Waals surface area (Å²) in [6.45, 7) is 11.1. The van der Waals surface area contributed by atoms with Crippen molar-refractivity contribution in [2.75, 3.05) is 26.4 Å². The first-order chi connectivity index (χ1) is 16.7. The summed E-state index contributed by atoms with van der Waals surface area (Å²) in [4.78, 5) is 25.7. The van der Waals surface area contributed by atoms with Gasteiger partial charge in [-0.1, -0.05) is 37.6 Å². The molecule has 0 aromatic carbocycles. The van der Waals surface area contributed by atoms with Crippen LogP contribution in [0.25, 0.3) is 0 Å². The van der Waals surface area contributed by atoms with Gasteiger partial charge in [0.05, 0.1) is 6.54 Å². The summed E-state index contributed by atoms with van der Waals surface area (Å²) in [5, 5.41) is 0. The fourth-order valence-electron chi connectivity index (χ4n) is 3.83. The third kappa shape index (κ3) is 16.4. The van der Waals surface area contributed by atoms with Gasteiger partial charge in [-0.15, -0.1) is 0 Å². The predicted molar refractivity (Wildman–Crippen MR) is 139 cm³/mol. The molecule has 0 bridgehead atoms. The molecule has 0 N–H and O–H groups in total. The maximum atomic E-state index is 12.8. The van der Waals surface area contributed by atoms with Crippen molar-refractivity contribution in [3.63, 3.8) is 0 Å². The van der Waals surface area contributed by atoms with Gasteiger partial charge in [-0.25, -0.2) is 4.79 Å². The SMILES string of the molecule is CCCC(C/C=C\C/C=C\CCCCOC1CCCCO1)N(CCOC(C)=O)C(=O)OC(C)(C)C. The van der Waals surface area contributed by atoms with E-state index >= 15 is 0 Å². The summed E-state index contributed by atoms with van der Waals surface area (Å²) in [6.07, 6.45) is 18.3. The molecule has 7 nitrogen and oxygen atoms in total. The van der Waals surface area contributed by atoms with Gasteiger partial charge >= 0.3 is 12.1 Å². The van der Waals surface area contributed by atoms with Crippen molar-refractivity contribution in [2.45, 2.75) is 117 Å². The minimum absolute atomic E-state index is 0.00113. The van der Waals surface area contributed by atoms with Crippen LogP contribution in [0, 0.1) is 0 Å². The Bertz CT molecular complexity index is 634. The molecule has 1 heterocycles. The van der Waals surface area contributed by atoms with Gasteiger partial charge in [-0.2, -0.15) is 0 Å². The van der Waals surface area contributed by atoms with E-state index in [0.29, 0.717) is 6.54 Å². The van der Waals surface area contributed by atoms with Gasteiger partial charge in [0.2, 0.25) is 0 Å². The van der Waals surface area contributed by atoms with Gasteiger partial charge in [-0.3, -0.25) is 4.79 Å². The number of carbonyl (C=O) groups is 2. The molecule has 0 spiro atoms. The average Bonchev–Trinajstić information content (AvgIpc) is 2.79. The molecule has 0 aromatic rings. The van der Waals surface area contributed by atoms with Crippen LogP contribution in [-0.4, -0.2) is 61.3 Å². The monoisotopic (exact) mass is 495 g/mol. The largest absolute Gasteiger partial charge is 0.464 e. The molecular formula is C28H49NO6. The second-order valence-electron chi connectivity index (χ2n) is 10.0. The maximum Gasteiger partial charge on any atom is 0.410 e. The van der Waals surface area contributed by atoms with Crippen LogP contribution in [0.3, 0.4) is 0 Å². The van der Waals surface area contributed by atoms with Crippen molar-refractivity contribution in [2.24, 2.45) is 0 Å². The van der Waals surface area contributed by atoms with E-state index in [1.807, 2.05) is 20.8 Å². The molecule has 1 aliphatic rings. The molecule has 7 heteroatoms. The number of allylic oxidation sites excluding steroid dienone is 3. The molecular weight excluding hydrogens is 446 g/mol. The van der Waals surface area contributed by atoms with E-state index in [-0.39, 0.29) is 31.0 Å². The van der Waals surface area contributed by atoms with Gasteiger partial charge < -0.3 is 23.8 Å². The van der Waals surface area contributed by atoms with Gasteiger partial charge in [0, 0.05) is 26.2 Å². The van der Waals surface area contributed by atoms with Gasteiger partial charge in [0.1, 0.15) is 12.2 Å². The van der Waals surface area contributed by atoms with Crippen molar-refractivity contribution in [1.29, 1.82) is 0 Å². The molecule has 1 rings (SSSR count). The lowest BCUT2D eigenvalue weighted by Crippen LogP contribution is -2.45. The van der Waals surface area contributed by atoms with Crippen molar-refractivity contribution in [3.05, 3.63) is 24.3 Å². The lowest BCUT2D eigenvalue weighted by atomic mass is 10.1. The van der Waals surface area contributed by atoms with E-state index in [0.717, 1.165) is 71.0 Å². The van der Waals surface area contributed by atoms with Gasteiger partial charge in [0.15, 0.2) is 6.29 Å². The van der Waals surface area contributed by atoms with Crippen molar-refractivity contribution < 1.29 is 28.5 Å². The van der Waals surface area contributed by atoms with Crippen LogP contribution in [0.4, 0.5) is 4.79 Å². The molecule has 1 aliphatic heterocycles. The van der Waals surface area contributed by atoms with Crippen LogP contribution < -0.4 is 0 Å². The van der Waals surface area contributed by atoms with E-state index in [9.17, 15) is 9.59 Å². The molecule has 1 fully saturated rings. The molecule has 35 heavy (non-hydrogen) atoms. The Kier molecular flexibility index (Phi) is 16.4. The first kappa shape index (κ1) is 31.2. The number of carbonyl (C=O) groups excluding carboxylic acids is 2. The number of rotatable bonds is 16. The molecule has 202 valence electrons. The van der Waals surface area contributed by atoms with Gasteiger partial charge in [0.25, 0.3) is 0 Å². The van der Waals surface area contributed by atoms with E-state index in [2.05, 4.69) is 31.2 Å². The highest BCUT2D eigenvalue weighted by atomic mass is 16.7. The lowest BCUT2D eigenvalue weighted by Gasteiger charge is -2.33. The Morgan fingerprint density at radius 1 is 1.09 bits per heavy atom. The molecule has 0 aliphatic carbocycles. The highest BCUT2D eigenvalue weighted by Gasteiger charge is 2.27. The zero-order valence-electron chi connectivity index (χ0n) is 22.8. The third-order valence-corrected chi connectivity index (χ3v) is 5.55. The van der Waals surface area contributed by atoms with Crippen LogP contribution >= 0.6 is 0 Å². The molecule has 2 atom stereocenters. The van der Waals surface area contributed by atoms with Crippen LogP contribution in [0.2, 0.25) is 0 Å². The summed E-state index contributed by atoms with van der Waals surface area (Å²) in [5.74, 6) is -0.348. The Labute approximate surface area is 213 Å². The topological polar surface area (TPSA) is 74.3 Å². The van der Waals surface area contributed by atoms with Crippen LogP contribution in [-0.2, 0) is 23.7 Å². The van der Waals surface area contributed by atoms with Crippen LogP contribution in [0.15, 0.2) is 24.3 Å². The summed E-state index contributed by atoms with van der Waals surface area (Å²) < 4.78 is 22.0. The van der Waals surface area contributed by atoms with Crippen molar-refractivity contribution in [3.8, 4) is 0 Å². The number of hydrogen-bond donors (Lipinski definition) is 0. The van der Waals surface area contributed by atoms with E-state index in [4.69, 9.17) is 18.9 Å². The second kappa shape index (κ2) is 18.4. The lowest BCUT2D eigenvalue weighted by molar-refractivity contribution is -0.162. The van der Waals surface area contributed by atoms with Crippen molar-refractivity contribution in [1.82, 2.24) is 4.90 Å². The number of hydrogen-bond acceptors (Lipinski definition) is 6. The normalized spacial score (nSPS) is 17.6. The number of ether oxygens (including phenoxy) is 4. The highest BCUT2D eigenvalue weighted by molar-refractivity contribution is 5.69. The van der Waals surface area contributed by atoms with Gasteiger partial charge in [-0.05, 0) is 78.6 Å². The quantitative estimate of drug-likeness (QED) is 0.137. The number of esters is 1. The van der Waals surface area contributed by atoms with E-state index < -0.39 is 5.60 Å². The zero-order chi connectivity index (χ0) is 25.9. The minimum Gasteiger partial charge on any atom is -0.464 e. The molecule has 0 radical (unpaired) electrons. The fraction of sp³-hybridized carbons (Fsp3) is 0.786. The summed E-state index contributed by atoms with van der Waals surface area (Å²) >= 11 is 0. The Morgan fingerprint density at radius 2 is 1.86 bits per heavy atom. The zero-order valence-corrected chi connectivity index (χ0v) is 22.8. The molecule has 1 saturated heterocycles. The number of amides is 1. The first-order valence-corrected chi connectivity index (χ1v) is 13.4. The minimum atomic E-state index is -0.579. The Balaban J connectivity index is 2.39. The standard InChI is InChI=1S/C28H49NO6/c1-6-17-25(29(20-23-32-24(2)30)27(31)35-28(3,4)5)18-13-11-9-7-8-10-12-15-21-33-26-19-14-16-22-34-26/h7-8,11,13,25-26H,6,9-10,12,14-23H2,1-5H3/b8-7-,13-11-. The summed E-state index contributed by atoms with van der Waals surface area (Å²) in [7, 11) is 0. The summed E-state index contributed by atoms with van der Waals surface area (Å²) in [6, 6.07) is -0.00113. The average molecular weight is 496 g/mol. The van der Waals surface area contributed by atoms with Crippen molar-refractivity contribution >= 4 is 12.1 Å². The molecule has 0 aromatic heterocycles. The van der Waals surface area contributed by atoms with E-state index in [1.165, 1.54) is 13.3 Å². The predicted octanol–water partition coefficient (Wildman–Crippen LogP) is 6.56. The fourth-order valence-corrected chi connectivity index (χ4v) is 3.83. The molecule has 1 amide bonds. The maximum absolute atomic E-state index is 12.8. The van der Waals surface area contributed by atoms with Crippen LogP contribution in [0.5, 0.6) is 0 Å². The molecule has 2 unspecified atom stereocenters. The van der Waals surface area contributed by atoms with Crippen LogP contribution in [0.1, 0.15) is 98.8 Å². The Hall–Kier alpha value is -1.86. The first-order valence-electron chi connectivity index (χ1n) is 13.4. The highest BCUT2D eigenvalue weighted by Crippen LogP contribution is 2.18. The Morgan fingerprint density at radius 3 is 2.51 bits per heavy atom.